The summed E-state index contributed by atoms with van der Waals surface area (Å²) in [7, 11) is 0. The Morgan fingerprint density at radius 1 is 1.14 bits per heavy atom. The molecule has 0 aliphatic carbocycles. The summed E-state index contributed by atoms with van der Waals surface area (Å²) in [6.07, 6.45) is 0. The molecule has 0 fully saturated rings. The van der Waals surface area contributed by atoms with Crippen LogP contribution in [-0.4, -0.2) is 9.55 Å². The van der Waals surface area contributed by atoms with E-state index >= 15 is 0 Å². The lowest BCUT2D eigenvalue weighted by Gasteiger charge is -2.12. The fourth-order valence-electron chi connectivity index (χ4n) is 2.42. The lowest BCUT2D eigenvalue weighted by molar-refractivity contribution is 0.563. The molecule has 0 saturated heterocycles. The van der Waals surface area contributed by atoms with Crippen molar-refractivity contribution < 1.29 is 8.78 Å². The third kappa shape index (κ3) is 2.20. The minimum absolute atomic E-state index is 0.0700. The molecule has 0 N–H and O–H groups in total. The van der Waals surface area contributed by atoms with Gasteiger partial charge in [-0.05, 0) is 43.2 Å². The summed E-state index contributed by atoms with van der Waals surface area (Å²) in [4.78, 5) is 4.36. The quantitative estimate of drug-likeness (QED) is 0.630. The SMILES string of the molecule is Cc1ccc2nc(CCl)n(-c3c(F)ccc(C)c3F)c2c1. The summed E-state index contributed by atoms with van der Waals surface area (Å²) in [5.74, 6) is -0.742. The molecule has 1 heterocycles. The van der Waals surface area contributed by atoms with Gasteiger partial charge in [0.15, 0.2) is 5.82 Å². The average Bonchev–Trinajstić information content (AvgIpc) is 2.81. The Bertz CT molecular complexity index is 840. The Labute approximate surface area is 126 Å². The second kappa shape index (κ2) is 5.11. The highest BCUT2D eigenvalue weighted by Gasteiger charge is 2.19. The summed E-state index contributed by atoms with van der Waals surface area (Å²) in [5, 5.41) is 0. The first-order chi connectivity index (χ1) is 10.0. The standard InChI is InChI=1S/C16H13ClF2N2/c1-9-3-6-12-13(7-9)21(14(8-17)20-12)16-11(18)5-4-10(2)15(16)19/h3-7H,8H2,1-2H3. The van der Waals surface area contributed by atoms with E-state index in [4.69, 9.17) is 11.6 Å². The summed E-state index contributed by atoms with van der Waals surface area (Å²) >= 11 is 5.91. The van der Waals surface area contributed by atoms with E-state index < -0.39 is 11.6 Å². The number of aryl methyl sites for hydroxylation is 2. The molecule has 0 bridgehead atoms. The van der Waals surface area contributed by atoms with Crippen LogP contribution in [0.3, 0.4) is 0 Å². The van der Waals surface area contributed by atoms with Crippen LogP contribution in [0.15, 0.2) is 30.3 Å². The molecule has 3 aromatic rings. The van der Waals surface area contributed by atoms with Gasteiger partial charge in [0.1, 0.15) is 17.3 Å². The number of hydrogen-bond donors (Lipinski definition) is 0. The Kier molecular flexibility index (Phi) is 3.41. The van der Waals surface area contributed by atoms with Crippen molar-refractivity contribution in [2.45, 2.75) is 19.7 Å². The fraction of sp³-hybridized carbons (Fsp3) is 0.188. The van der Waals surface area contributed by atoms with E-state index in [9.17, 15) is 8.78 Å². The van der Waals surface area contributed by atoms with Gasteiger partial charge in [-0.2, -0.15) is 0 Å². The van der Waals surface area contributed by atoms with E-state index in [0.717, 1.165) is 5.56 Å². The molecule has 0 radical (unpaired) electrons. The molecule has 0 atom stereocenters. The molecule has 0 unspecified atom stereocenters. The summed E-state index contributed by atoms with van der Waals surface area (Å²) in [6.45, 7) is 3.52. The number of alkyl halides is 1. The van der Waals surface area contributed by atoms with Crippen molar-refractivity contribution in [3.05, 3.63) is 58.9 Å². The maximum Gasteiger partial charge on any atom is 0.153 e. The zero-order valence-corrected chi connectivity index (χ0v) is 12.4. The van der Waals surface area contributed by atoms with Gasteiger partial charge in [0, 0.05) is 0 Å². The Hall–Kier alpha value is -1.94. The molecule has 2 nitrogen and oxygen atoms in total. The third-order valence-corrected chi connectivity index (χ3v) is 3.72. The number of imidazole rings is 1. The Balaban J connectivity index is 2.44. The molecule has 0 saturated carbocycles. The van der Waals surface area contributed by atoms with Gasteiger partial charge >= 0.3 is 0 Å². The summed E-state index contributed by atoms with van der Waals surface area (Å²) < 4.78 is 30.1. The maximum absolute atomic E-state index is 14.4. The highest BCUT2D eigenvalue weighted by Crippen LogP contribution is 2.28. The predicted octanol–water partition coefficient (Wildman–Crippen LogP) is 4.66. The van der Waals surface area contributed by atoms with Crippen molar-refractivity contribution in [2.24, 2.45) is 0 Å². The topological polar surface area (TPSA) is 17.8 Å². The van der Waals surface area contributed by atoms with E-state index in [-0.39, 0.29) is 11.6 Å². The van der Waals surface area contributed by atoms with Gasteiger partial charge < -0.3 is 0 Å². The average molecular weight is 307 g/mol. The van der Waals surface area contributed by atoms with Crippen LogP contribution in [-0.2, 0) is 5.88 Å². The molecule has 0 aliphatic rings. The second-order valence-electron chi connectivity index (χ2n) is 5.02. The van der Waals surface area contributed by atoms with Crippen LogP contribution in [0.5, 0.6) is 0 Å². The molecule has 5 heteroatoms. The van der Waals surface area contributed by atoms with Gasteiger partial charge in [-0.1, -0.05) is 12.1 Å². The molecule has 1 aromatic heterocycles. The zero-order valence-electron chi connectivity index (χ0n) is 11.6. The van der Waals surface area contributed by atoms with Crippen LogP contribution in [0, 0.1) is 25.5 Å². The molecule has 108 valence electrons. The summed E-state index contributed by atoms with van der Waals surface area (Å²) in [5.41, 5.74) is 2.55. The van der Waals surface area contributed by atoms with Gasteiger partial charge in [-0.15, -0.1) is 11.6 Å². The number of benzene rings is 2. The van der Waals surface area contributed by atoms with E-state index in [2.05, 4.69) is 4.98 Å². The normalized spacial score (nSPS) is 11.3. The second-order valence-corrected chi connectivity index (χ2v) is 5.28. The number of aromatic nitrogens is 2. The number of halogens is 3. The third-order valence-electron chi connectivity index (χ3n) is 3.48. The smallest absolute Gasteiger partial charge is 0.153 e. The van der Waals surface area contributed by atoms with E-state index in [1.54, 1.807) is 6.92 Å². The first kappa shape index (κ1) is 14.0. The van der Waals surface area contributed by atoms with Crippen LogP contribution in [0.1, 0.15) is 17.0 Å². The van der Waals surface area contributed by atoms with Crippen molar-refractivity contribution in [1.82, 2.24) is 9.55 Å². The zero-order chi connectivity index (χ0) is 15.1. The van der Waals surface area contributed by atoms with Gasteiger partial charge in [-0.3, -0.25) is 4.57 Å². The molecule has 0 spiro atoms. The van der Waals surface area contributed by atoms with Crippen molar-refractivity contribution in [2.75, 3.05) is 0 Å². The summed E-state index contributed by atoms with van der Waals surface area (Å²) in [6, 6.07) is 8.25. The van der Waals surface area contributed by atoms with Gasteiger partial charge in [0.05, 0.1) is 16.9 Å². The Morgan fingerprint density at radius 3 is 2.62 bits per heavy atom. The number of rotatable bonds is 2. The number of fused-ring (bicyclic) bond motifs is 1. The van der Waals surface area contributed by atoms with Gasteiger partial charge in [0.2, 0.25) is 0 Å². The van der Waals surface area contributed by atoms with E-state index in [0.29, 0.717) is 22.4 Å². The van der Waals surface area contributed by atoms with Crippen LogP contribution < -0.4 is 0 Å². The van der Waals surface area contributed by atoms with Crippen molar-refractivity contribution in [3.63, 3.8) is 0 Å². The lowest BCUT2D eigenvalue weighted by Crippen LogP contribution is -2.06. The van der Waals surface area contributed by atoms with Crippen molar-refractivity contribution >= 4 is 22.6 Å². The molecule has 0 aliphatic heterocycles. The van der Waals surface area contributed by atoms with E-state index in [1.807, 2.05) is 25.1 Å². The minimum atomic E-state index is -0.634. The monoisotopic (exact) mass is 306 g/mol. The van der Waals surface area contributed by atoms with Crippen LogP contribution in [0.25, 0.3) is 16.7 Å². The van der Waals surface area contributed by atoms with E-state index in [1.165, 1.54) is 16.7 Å². The van der Waals surface area contributed by atoms with Crippen LogP contribution in [0.2, 0.25) is 0 Å². The van der Waals surface area contributed by atoms with Crippen molar-refractivity contribution in [1.29, 1.82) is 0 Å². The van der Waals surface area contributed by atoms with Crippen molar-refractivity contribution in [3.8, 4) is 5.69 Å². The molecule has 0 amide bonds. The molecular formula is C16H13ClF2N2. The lowest BCUT2D eigenvalue weighted by atomic mass is 10.1. The molecular weight excluding hydrogens is 294 g/mol. The first-order valence-electron chi connectivity index (χ1n) is 6.52. The maximum atomic E-state index is 14.4. The van der Waals surface area contributed by atoms with Gasteiger partial charge in [-0.25, -0.2) is 13.8 Å². The highest BCUT2D eigenvalue weighted by molar-refractivity contribution is 6.17. The molecule has 21 heavy (non-hydrogen) atoms. The predicted molar refractivity (Wildman–Crippen MR) is 80.0 cm³/mol. The largest absolute Gasteiger partial charge is 0.290 e. The first-order valence-corrected chi connectivity index (χ1v) is 7.05. The Morgan fingerprint density at radius 2 is 1.90 bits per heavy atom. The molecule has 3 rings (SSSR count). The minimum Gasteiger partial charge on any atom is -0.290 e. The fourth-order valence-corrected chi connectivity index (χ4v) is 2.60. The number of hydrogen-bond acceptors (Lipinski definition) is 1. The van der Waals surface area contributed by atoms with Gasteiger partial charge in [0.25, 0.3) is 0 Å². The molecule has 2 aromatic carbocycles. The highest BCUT2D eigenvalue weighted by atomic mass is 35.5. The number of nitrogens with zero attached hydrogens (tertiary/aromatic N) is 2. The van der Waals surface area contributed by atoms with Crippen LogP contribution in [0.4, 0.5) is 8.78 Å². The van der Waals surface area contributed by atoms with Crippen LogP contribution >= 0.6 is 11.6 Å².